The zero-order chi connectivity index (χ0) is 27.5. The molecule has 0 aliphatic carbocycles. The van der Waals surface area contributed by atoms with Crippen LogP contribution in [-0.4, -0.2) is 57.4 Å². The number of para-hydroxylation sites is 1. The lowest BCUT2D eigenvalue weighted by molar-refractivity contribution is -0.138. The number of ether oxygens (including phenoxy) is 1. The van der Waals surface area contributed by atoms with Crippen molar-refractivity contribution in [3.05, 3.63) is 90.5 Å². The first-order chi connectivity index (χ1) is 18.3. The molecule has 1 atom stereocenters. The van der Waals surface area contributed by atoms with Gasteiger partial charge in [0.25, 0.3) is 10.0 Å². The molecule has 3 rings (SSSR count). The fraction of sp³-hybridized carbons (Fsp3) is 0.310. The van der Waals surface area contributed by atoms with E-state index in [2.05, 4.69) is 5.32 Å². The third-order valence-corrected chi connectivity index (χ3v) is 7.84. The maximum absolute atomic E-state index is 13.8. The summed E-state index contributed by atoms with van der Waals surface area (Å²) in [5.74, 6) is -0.218. The molecule has 1 N–H and O–H groups in total. The molecule has 0 aromatic heterocycles. The van der Waals surface area contributed by atoms with Crippen LogP contribution < -0.4 is 14.4 Å². The number of nitrogens with zero attached hydrogens (tertiary/aromatic N) is 2. The highest BCUT2D eigenvalue weighted by Crippen LogP contribution is 2.25. The molecule has 0 fully saturated rings. The van der Waals surface area contributed by atoms with E-state index in [4.69, 9.17) is 4.74 Å². The number of hydrogen-bond donors (Lipinski definition) is 1. The molecule has 202 valence electrons. The van der Waals surface area contributed by atoms with Crippen LogP contribution in [0.2, 0.25) is 0 Å². The second-order valence-corrected chi connectivity index (χ2v) is 10.5. The molecule has 3 aromatic rings. The largest absolute Gasteiger partial charge is 0.494 e. The van der Waals surface area contributed by atoms with E-state index in [1.165, 1.54) is 17.0 Å². The summed E-state index contributed by atoms with van der Waals surface area (Å²) in [6.07, 6.45) is 0.521. The van der Waals surface area contributed by atoms with Crippen molar-refractivity contribution >= 4 is 27.5 Å². The Kier molecular flexibility index (Phi) is 10.3. The number of hydrogen-bond acceptors (Lipinski definition) is 5. The zero-order valence-electron chi connectivity index (χ0n) is 22.0. The number of sulfonamides is 1. The summed E-state index contributed by atoms with van der Waals surface area (Å²) in [5, 5.41) is 2.76. The average molecular weight is 538 g/mol. The van der Waals surface area contributed by atoms with Gasteiger partial charge in [0.15, 0.2) is 0 Å². The van der Waals surface area contributed by atoms with Crippen LogP contribution in [0.15, 0.2) is 89.8 Å². The van der Waals surface area contributed by atoms with Crippen LogP contribution in [0.4, 0.5) is 5.69 Å². The Morgan fingerprint density at radius 2 is 1.50 bits per heavy atom. The van der Waals surface area contributed by atoms with Crippen molar-refractivity contribution in [1.29, 1.82) is 0 Å². The second-order valence-electron chi connectivity index (χ2n) is 8.64. The summed E-state index contributed by atoms with van der Waals surface area (Å²) < 4.78 is 34.1. The summed E-state index contributed by atoms with van der Waals surface area (Å²) >= 11 is 0. The summed E-state index contributed by atoms with van der Waals surface area (Å²) in [5.41, 5.74) is 1.36. The minimum atomic E-state index is -4.11. The molecule has 38 heavy (non-hydrogen) atoms. The Hall–Kier alpha value is -3.85. The first-order valence-electron chi connectivity index (χ1n) is 12.7. The Morgan fingerprint density at radius 1 is 0.895 bits per heavy atom. The third-order valence-electron chi connectivity index (χ3n) is 6.05. The van der Waals surface area contributed by atoms with Gasteiger partial charge in [-0.05, 0) is 69.2 Å². The number of anilines is 1. The average Bonchev–Trinajstić information content (AvgIpc) is 2.93. The number of carbonyl (C=O) groups is 2. The van der Waals surface area contributed by atoms with Gasteiger partial charge in [-0.25, -0.2) is 8.42 Å². The molecule has 0 bridgehead atoms. The lowest BCUT2D eigenvalue weighted by atomic mass is 10.1. The molecule has 0 aliphatic heterocycles. The van der Waals surface area contributed by atoms with Gasteiger partial charge in [-0.3, -0.25) is 13.9 Å². The fourth-order valence-electron chi connectivity index (χ4n) is 4.02. The molecule has 0 aliphatic rings. The number of likely N-dealkylation sites (N-methyl/N-ethyl adjacent to an activating group) is 1. The lowest BCUT2D eigenvalue weighted by Crippen LogP contribution is -2.52. The topological polar surface area (TPSA) is 96.0 Å². The number of amides is 2. The van der Waals surface area contributed by atoms with Gasteiger partial charge >= 0.3 is 0 Å². The van der Waals surface area contributed by atoms with Crippen LogP contribution in [-0.2, 0) is 26.0 Å². The van der Waals surface area contributed by atoms with Crippen molar-refractivity contribution < 1.29 is 22.7 Å². The van der Waals surface area contributed by atoms with Gasteiger partial charge < -0.3 is 15.0 Å². The van der Waals surface area contributed by atoms with E-state index in [0.717, 1.165) is 9.87 Å². The van der Waals surface area contributed by atoms with Crippen LogP contribution in [0, 0.1) is 0 Å². The van der Waals surface area contributed by atoms with Gasteiger partial charge in [-0.15, -0.1) is 0 Å². The van der Waals surface area contributed by atoms with Crippen molar-refractivity contribution in [3.63, 3.8) is 0 Å². The van der Waals surface area contributed by atoms with Gasteiger partial charge in [0, 0.05) is 13.1 Å². The third kappa shape index (κ3) is 7.35. The standard InChI is InChI=1S/C29H35N3O5S/c1-4-30-29(34)23(3)31(21-20-24-12-8-6-9-13-24)28(33)22-32(25-14-10-7-11-15-25)38(35,36)27-18-16-26(17-19-27)37-5-2/h6-19,23H,4-5,20-22H2,1-3H3,(H,30,34)/t23-/m0/s1. The van der Waals surface area contributed by atoms with Gasteiger partial charge in [0.05, 0.1) is 17.2 Å². The Morgan fingerprint density at radius 3 is 2.08 bits per heavy atom. The van der Waals surface area contributed by atoms with Crippen molar-refractivity contribution in [2.75, 3.05) is 30.5 Å². The number of carbonyl (C=O) groups excluding carboxylic acids is 2. The Balaban J connectivity index is 1.93. The molecule has 8 nitrogen and oxygen atoms in total. The normalized spacial score (nSPS) is 11.9. The molecule has 0 saturated heterocycles. The molecule has 2 amide bonds. The minimum Gasteiger partial charge on any atom is -0.494 e. The van der Waals surface area contributed by atoms with Crippen molar-refractivity contribution in [2.24, 2.45) is 0 Å². The molecular formula is C29H35N3O5S. The predicted octanol–water partition coefficient (Wildman–Crippen LogP) is 3.88. The first-order valence-corrected chi connectivity index (χ1v) is 14.1. The summed E-state index contributed by atoms with van der Waals surface area (Å²) in [7, 11) is -4.11. The number of rotatable bonds is 13. The zero-order valence-corrected chi connectivity index (χ0v) is 22.9. The van der Waals surface area contributed by atoms with E-state index in [-0.39, 0.29) is 17.3 Å². The van der Waals surface area contributed by atoms with Gasteiger partial charge in [-0.2, -0.15) is 0 Å². The fourth-order valence-corrected chi connectivity index (χ4v) is 5.43. The summed E-state index contributed by atoms with van der Waals surface area (Å²) in [4.78, 5) is 27.9. The van der Waals surface area contributed by atoms with Gasteiger partial charge in [-0.1, -0.05) is 48.5 Å². The summed E-state index contributed by atoms with van der Waals surface area (Å²) in [6, 6.07) is 23.4. The van der Waals surface area contributed by atoms with E-state index < -0.39 is 28.5 Å². The van der Waals surface area contributed by atoms with Crippen LogP contribution in [0.3, 0.4) is 0 Å². The second kappa shape index (κ2) is 13.6. The molecule has 0 spiro atoms. The van der Waals surface area contributed by atoms with Crippen LogP contribution in [0.25, 0.3) is 0 Å². The molecule has 0 saturated carbocycles. The Labute approximate surface area is 225 Å². The van der Waals surface area contributed by atoms with Crippen LogP contribution >= 0.6 is 0 Å². The highest BCUT2D eigenvalue weighted by molar-refractivity contribution is 7.92. The monoisotopic (exact) mass is 537 g/mol. The number of benzene rings is 3. The SMILES string of the molecule is CCNC(=O)[C@H](C)N(CCc1ccccc1)C(=O)CN(c1ccccc1)S(=O)(=O)c1ccc(OCC)cc1. The smallest absolute Gasteiger partial charge is 0.264 e. The molecule has 0 radical (unpaired) electrons. The summed E-state index contributed by atoms with van der Waals surface area (Å²) in [6.45, 7) is 5.98. The molecular weight excluding hydrogens is 502 g/mol. The first kappa shape index (κ1) is 28.7. The van der Waals surface area contributed by atoms with E-state index >= 15 is 0 Å². The van der Waals surface area contributed by atoms with E-state index in [1.807, 2.05) is 37.3 Å². The Bertz CT molecular complexity index is 1280. The highest BCUT2D eigenvalue weighted by atomic mass is 32.2. The van der Waals surface area contributed by atoms with Crippen LogP contribution in [0.5, 0.6) is 5.75 Å². The quantitative estimate of drug-likeness (QED) is 0.357. The molecule has 3 aromatic carbocycles. The van der Waals surface area contributed by atoms with Crippen LogP contribution in [0.1, 0.15) is 26.3 Å². The maximum atomic E-state index is 13.8. The van der Waals surface area contributed by atoms with Crippen molar-refractivity contribution in [1.82, 2.24) is 10.2 Å². The predicted molar refractivity (Wildman–Crippen MR) is 149 cm³/mol. The molecule has 0 unspecified atom stereocenters. The van der Waals surface area contributed by atoms with E-state index in [9.17, 15) is 18.0 Å². The highest BCUT2D eigenvalue weighted by Gasteiger charge is 2.32. The molecule has 9 heteroatoms. The minimum absolute atomic E-state index is 0.0326. The number of nitrogens with one attached hydrogen (secondary N) is 1. The van der Waals surface area contributed by atoms with Crippen molar-refractivity contribution in [2.45, 2.75) is 38.1 Å². The van der Waals surface area contributed by atoms with Crippen molar-refractivity contribution in [3.8, 4) is 5.75 Å². The maximum Gasteiger partial charge on any atom is 0.264 e. The lowest BCUT2D eigenvalue weighted by Gasteiger charge is -2.32. The van der Waals surface area contributed by atoms with Gasteiger partial charge in [0.1, 0.15) is 18.3 Å². The van der Waals surface area contributed by atoms with E-state index in [1.54, 1.807) is 56.3 Å². The van der Waals surface area contributed by atoms with Gasteiger partial charge in [0.2, 0.25) is 11.8 Å². The van der Waals surface area contributed by atoms with E-state index in [0.29, 0.717) is 31.0 Å². The molecule has 0 heterocycles.